The molecule has 2 aromatic carbocycles. The van der Waals surface area contributed by atoms with Crippen LogP contribution in [-0.2, 0) is 10.5 Å². The number of hydrogen-bond donors (Lipinski definition) is 2. The largest absolute Gasteiger partial charge is 0.343 e. The van der Waals surface area contributed by atoms with E-state index >= 15 is 0 Å². The Morgan fingerprint density at radius 2 is 1.94 bits per heavy atom. The minimum atomic E-state index is -0.405. The van der Waals surface area contributed by atoms with E-state index < -0.39 is 5.92 Å². The molecule has 0 spiro atoms. The van der Waals surface area contributed by atoms with Gasteiger partial charge < -0.3 is 10.3 Å². The fourth-order valence-corrected chi connectivity index (χ4v) is 5.40. The SMILES string of the molecule is Cc1ccc([C@@H]2C3=C(CCCC3=O)Nc3nc(SCc4cccc(Cl)c4)[nH]c(=O)c32)cc1. The van der Waals surface area contributed by atoms with E-state index in [0.29, 0.717) is 39.3 Å². The fraction of sp³-hybridized carbons (Fsp3) is 0.240. The molecule has 2 N–H and O–H groups in total. The van der Waals surface area contributed by atoms with E-state index in [1.807, 2.05) is 55.5 Å². The van der Waals surface area contributed by atoms with Gasteiger partial charge in [-0.1, -0.05) is 65.3 Å². The van der Waals surface area contributed by atoms with Crippen molar-refractivity contribution in [1.82, 2.24) is 9.97 Å². The average molecular weight is 464 g/mol. The number of hydrogen-bond acceptors (Lipinski definition) is 5. The fourth-order valence-electron chi connectivity index (χ4n) is 4.38. The van der Waals surface area contributed by atoms with Gasteiger partial charge in [-0.05, 0) is 43.0 Å². The second-order valence-electron chi connectivity index (χ2n) is 8.19. The number of thioether (sulfide) groups is 1. The van der Waals surface area contributed by atoms with Gasteiger partial charge in [-0.3, -0.25) is 9.59 Å². The van der Waals surface area contributed by atoms with Crippen molar-refractivity contribution in [2.45, 2.75) is 43.0 Å². The second-order valence-corrected chi connectivity index (χ2v) is 9.59. The highest BCUT2D eigenvalue weighted by atomic mass is 35.5. The highest BCUT2D eigenvalue weighted by Crippen LogP contribution is 2.43. The molecule has 0 radical (unpaired) electrons. The van der Waals surface area contributed by atoms with Gasteiger partial charge in [0.05, 0.1) is 5.56 Å². The molecule has 0 saturated carbocycles. The number of aryl methyl sites for hydroxylation is 1. The molecule has 0 unspecified atom stereocenters. The van der Waals surface area contributed by atoms with Crippen molar-refractivity contribution in [3.05, 3.63) is 97.4 Å². The molecule has 7 heteroatoms. The van der Waals surface area contributed by atoms with Crippen LogP contribution in [0.25, 0.3) is 0 Å². The van der Waals surface area contributed by atoms with Crippen LogP contribution >= 0.6 is 23.4 Å². The molecule has 1 aliphatic carbocycles. The van der Waals surface area contributed by atoms with Crippen LogP contribution in [0.15, 0.2) is 69.8 Å². The first-order chi connectivity index (χ1) is 15.5. The Labute approximate surface area is 195 Å². The van der Waals surface area contributed by atoms with Crippen molar-refractivity contribution in [1.29, 1.82) is 0 Å². The lowest BCUT2D eigenvalue weighted by Gasteiger charge is -2.32. The number of carbonyl (C=O) groups excluding carboxylic acids is 1. The topological polar surface area (TPSA) is 74.8 Å². The van der Waals surface area contributed by atoms with Crippen molar-refractivity contribution in [2.75, 3.05) is 5.32 Å². The third kappa shape index (κ3) is 4.00. The van der Waals surface area contributed by atoms with Crippen molar-refractivity contribution < 1.29 is 4.79 Å². The molecule has 0 bridgehead atoms. The number of fused-ring (bicyclic) bond motifs is 1. The van der Waals surface area contributed by atoms with Crippen molar-refractivity contribution in [3.8, 4) is 0 Å². The molecule has 1 aromatic heterocycles. The summed E-state index contributed by atoms with van der Waals surface area (Å²) in [7, 11) is 0. The highest BCUT2D eigenvalue weighted by molar-refractivity contribution is 7.98. The Morgan fingerprint density at radius 1 is 1.12 bits per heavy atom. The van der Waals surface area contributed by atoms with E-state index in [1.54, 1.807) is 0 Å². The smallest absolute Gasteiger partial charge is 0.257 e. The van der Waals surface area contributed by atoms with Crippen LogP contribution in [0, 0.1) is 6.92 Å². The number of rotatable bonds is 4. The normalized spacial score (nSPS) is 17.6. The number of nitrogens with one attached hydrogen (secondary N) is 2. The molecule has 2 aliphatic rings. The van der Waals surface area contributed by atoms with Crippen LogP contribution in [0.2, 0.25) is 5.02 Å². The maximum Gasteiger partial charge on any atom is 0.257 e. The summed E-state index contributed by atoms with van der Waals surface area (Å²) >= 11 is 7.53. The van der Waals surface area contributed by atoms with Gasteiger partial charge in [0.15, 0.2) is 10.9 Å². The lowest BCUT2D eigenvalue weighted by molar-refractivity contribution is -0.116. The summed E-state index contributed by atoms with van der Waals surface area (Å²) < 4.78 is 0. The molecule has 1 aliphatic heterocycles. The quantitative estimate of drug-likeness (QED) is 0.389. The number of nitrogens with zero attached hydrogens (tertiary/aromatic N) is 1. The predicted octanol–water partition coefficient (Wildman–Crippen LogP) is 5.59. The zero-order valence-corrected chi connectivity index (χ0v) is 19.1. The van der Waals surface area contributed by atoms with Crippen LogP contribution in [-0.4, -0.2) is 15.8 Å². The Bertz CT molecular complexity index is 1300. The number of benzene rings is 2. The molecule has 0 fully saturated rings. The number of halogens is 1. The molecule has 3 aromatic rings. The predicted molar refractivity (Wildman–Crippen MR) is 128 cm³/mol. The number of aromatic nitrogens is 2. The maximum atomic E-state index is 13.3. The van der Waals surface area contributed by atoms with Gasteiger partial charge in [0, 0.05) is 34.4 Å². The summed E-state index contributed by atoms with van der Waals surface area (Å²) in [6, 6.07) is 15.7. The number of Topliss-reactive ketones (excluding diaryl/α,β-unsaturated/α-hetero) is 1. The molecule has 0 amide bonds. The first-order valence-corrected chi connectivity index (χ1v) is 12.0. The Kier molecular flexibility index (Phi) is 5.66. The third-order valence-corrected chi connectivity index (χ3v) is 7.09. The van der Waals surface area contributed by atoms with Crippen LogP contribution in [0.1, 0.15) is 47.4 Å². The van der Waals surface area contributed by atoms with Gasteiger partial charge in [0.25, 0.3) is 5.56 Å². The van der Waals surface area contributed by atoms with Crippen molar-refractivity contribution in [3.63, 3.8) is 0 Å². The summed E-state index contributed by atoms with van der Waals surface area (Å²) in [4.78, 5) is 33.9. The van der Waals surface area contributed by atoms with Crippen LogP contribution in [0.3, 0.4) is 0 Å². The number of allylic oxidation sites excluding steroid dienone is 2. The van der Waals surface area contributed by atoms with Crippen LogP contribution in [0.5, 0.6) is 0 Å². The molecule has 32 heavy (non-hydrogen) atoms. The molecule has 2 heterocycles. The van der Waals surface area contributed by atoms with Gasteiger partial charge in [-0.2, -0.15) is 0 Å². The summed E-state index contributed by atoms with van der Waals surface area (Å²) in [5, 5.41) is 4.54. The average Bonchev–Trinajstić information content (AvgIpc) is 2.77. The molecule has 0 saturated heterocycles. The van der Waals surface area contributed by atoms with E-state index in [9.17, 15) is 9.59 Å². The van der Waals surface area contributed by atoms with Crippen LogP contribution < -0.4 is 10.9 Å². The van der Waals surface area contributed by atoms with E-state index in [-0.39, 0.29) is 11.3 Å². The van der Waals surface area contributed by atoms with Crippen LogP contribution in [0.4, 0.5) is 5.82 Å². The summed E-state index contributed by atoms with van der Waals surface area (Å²) in [5.41, 5.74) is 5.01. The summed E-state index contributed by atoms with van der Waals surface area (Å²) in [6.45, 7) is 2.02. The van der Waals surface area contributed by atoms with E-state index in [1.165, 1.54) is 11.8 Å². The Balaban J connectivity index is 1.55. The van der Waals surface area contributed by atoms with Gasteiger partial charge in [-0.15, -0.1) is 0 Å². The number of carbonyl (C=O) groups is 1. The monoisotopic (exact) mass is 463 g/mol. The lowest BCUT2D eigenvalue weighted by Crippen LogP contribution is -2.32. The standard InChI is InChI=1S/C25H22ClN3O2S/c1-14-8-10-16(11-9-14)20-21-18(6-3-7-19(21)30)27-23-22(20)24(31)29-25(28-23)32-13-15-4-2-5-17(26)12-15/h2,4-5,8-12,20H,3,6-7,13H2,1H3,(H2,27,28,29,31)/t20-/m1/s1. The first-order valence-electron chi connectivity index (χ1n) is 10.6. The number of ketones is 1. The molecule has 1 atom stereocenters. The Morgan fingerprint density at radius 3 is 2.72 bits per heavy atom. The molecular weight excluding hydrogens is 442 g/mol. The first kappa shape index (κ1) is 21.0. The maximum absolute atomic E-state index is 13.3. The minimum Gasteiger partial charge on any atom is -0.343 e. The van der Waals surface area contributed by atoms with Crippen molar-refractivity contribution >= 4 is 35.0 Å². The van der Waals surface area contributed by atoms with E-state index in [0.717, 1.165) is 35.2 Å². The molecular formula is C25H22ClN3O2S. The van der Waals surface area contributed by atoms with Gasteiger partial charge in [0.1, 0.15) is 5.82 Å². The summed E-state index contributed by atoms with van der Waals surface area (Å²) in [5.74, 6) is 0.879. The molecule has 5 rings (SSSR count). The second kappa shape index (κ2) is 8.60. The zero-order valence-electron chi connectivity index (χ0n) is 17.6. The zero-order chi connectivity index (χ0) is 22.2. The number of H-pyrrole nitrogens is 1. The molecule has 162 valence electrons. The van der Waals surface area contributed by atoms with E-state index in [4.69, 9.17) is 16.6 Å². The van der Waals surface area contributed by atoms with Gasteiger partial charge in [-0.25, -0.2) is 4.98 Å². The molecule has 5 nitrogen and oxygen atoms in total. The minimum absolute atomic E-state index is 0.105. The van der Waals surface area contributed by atoms with Gasteiger partial charge in [0.2, 0.25) is 0 Å². The van der Waals surface area contributed by atoms with Crippen molar-refractivity contribution in [2.24, 2.45) is 0 Å². The lowest BCUT2D eigenvalue weighted by atomic mass is 9.76. The summed E-state index contributed by atoms with van der Waals surface area (Å²) in [6.07, 6.45) is 2.10. The highest BCUT2D eigenvalue weighted by Gasteiger charge is 2.37. The number of aromatic amines is 1. The third-order valence-electron chi connectivity index (χ3n) is 5.91. The Hall–Kier alpha value is -2.83. The van der Waals surface area contributed by atoms with Gasteiger partial charge >= 0.3 is 0 Å². The number of anilines is 1. The van der Waals surface area contributed by atoms with E-state index in [2.05, 4.69) is 10.3 Å².